The second-order valence-electron chi connectivity index (χ2n) is 29.1. The van der Waals surface area contributed by atoms with E-state index in [2.05, 4.69) is 202 Å². The van der Waals surface area contributed by atoms with E-state index in [9.17, 15) is 0 Å². The van der Waals surface area contributed by atoms with Crippen molar-refractivity contribution in [2.75, 3.05) is 0 Å². The minimum atomic E-state index is -0.113. The third kappa shape index (κ3) is 17.6. The summed E-state index contributed by atoms with van der Waals surface area (Å²) >= 11 is 15.0. The number of carbonyl (C=O) groups is 2. The number of benzene rings is 2. The summed E-state index contributed by atoms with van der Waals surface area (Å²) in [5.74, 6) is -0.225. The molecule has 6 aromatic rings. The molecular weight excluding hydrogens is 1260 g/mol. The molecule has 0 unspecified atom stereocenters. The van der Waals surface area contributed by atoms with Crippen LogP contribution in [0.4, 0.5) is 0 Å². The first-order valence-corrected chi connectivity index (χ1v) is 37.8. The Labute approximate surface area is 553 Å². The van der Waals surface area contributed by atoms with Gasteiger partial charge in [0, 0.05) is 19.5 Å². The number of thiophene rings is 4. The van der Waals surface area contributed by atoms with Gasteiger partial charge in [-0.25, -0.2) is 0 Å². The van der Waals surface area contributed by atoms with Gasteiger partial charge in [0.1, 0.15) is 0 Å². The minimum Gasteiger partial charge on any atom is -0.302 e. The van der Waals surface area contributed by atoms with Crippen LogP contribution in [0.5, 0.6) is 0 Å². The molecule has 0 N–H and O–H groups in total. The van der Waals surface area contributed by atoms with E-state index in [0.29, 0.717) is 24.2 Å². The van der Waals surface area contributed by atoms with Crippen molar-refractivity contribution in [2.24, 2.45) is 0 Å². The average molecular weight is 1360 g/mol. The maximum atomic E-state index is 16.2. The molecule has 8 rings (SSSR count). The Balaban J connectivity index is 1.19. The molecule has 0 fully saturated rings. The molecule has 2 aromatic carbocycles. The lowest BCUT2D eigenvalue weighted by Gasteiger charge is -2.29. The van der Waals surface area contributed by atoms with Gasteiger partial charge in [-0.15, -0.1) is 45.3 Å². The van der Waals surface area contributed by atoms with Crippen LogP contribution in [0.25, 0.3) is 30.9 Å². The van der Waals surface area contributed by atoms with Crippen molar-refractivity contribution >= 4 is 100 Å². The fraction of sp³-hybridized carbons (Fsp3) is 0.553. The van der Waals surface area contributed by atoms with Gasteiger partial charge >= 0.3 is 0 Å². The number of unbranched alkanes of at least 4 members (excludes halogenated alkanes) is 18. The number of hydrogen-bond donors (Lipinski definition) is 0. The fourth-order valence-electron chi connectivity index (χ4n) is 12.1. The van der Waals surface area contributed by atoms with Gasteiger partial charge in [-0.2, -0.15) is 0 Å². The highest BCUT2D eigenvalue weighted by atomic mass is 79.9. The Morgan fingerprint density at radius 1 is 0.349 bits per heavy atom. The Hall–Kier alpha value is -3.38. The summed E-state index contributed by atoms with van der Waals surface area (Å²) in [6.07, 6.45) is 28.6. The molecule has 466 valence electrons. The Bertz CT molecular complexity index is 3050. The second-order valence-corrected chi connectivity index (χ2v) is 36.0. The molecule has 0 spiro atoms. The lowest BCUT2D eigenvalue weighted by atomic mass is 9.79. The number of carbonyl (C=O) groups excluding carboxylic acids is 2. The van der Waals surface area contributed by atoms with Crippen molar-refractivity contribution < 1.29 is 9.59 Å². The van der Waals surface area contributed by atoms with E-state index in [1.165, 1.54) is 179 Å². The predicted molar refractivity (Wildman–Crippen MR) is 384 cm³/mol. The number of halogens is 2. The van der Waals surface area contributed by atoms with E-state index in [0.717, 1.165) is 54.9 Å². The molecule has 86 heavy (non-hydrogen) atoms. The first-order valence-electron chi connectivity index (χ1n) is 33.0. The van der Waals surface area contributed by atoms with Gasteiger partial charge in [-0.05, 0) is 160 Å². The van der Waals surface area contributed by atoms with E-state index in [4.69, 9.17) is 0 Å². The highest BCUT2D eigenvalue weighted by molar-refractivity contribution is 9.11. The molecule has 10 heteroatoms. The van der Waals surface area contributed by atoms with Crippen LogP contribution in [0.15, 0.2) is 91.5 Å². The third-order valence-corrected chi connectivity index (χ3v) is 24.1. The summed E-state index contributed by atoms with van der Waals surface area (Å²) in [5, 5.41) is 0. The van der Waals surface area contributed by atoms with Gasteiger partial charge in [0.2, 0.25) is 0 Å². The van der Waals surface area contributed by atoms with E-state index < -0.39 is 0 Å². The second kappa shape index (κ2) is 30.2. The molecular formula is C76H102Br2N2O2S4. The first kappa shape index (κ1) is 68.5. The lowest BCUT2D eigenvalue weighted by Crippen LogP contribution is -2.29. The standard InChI is InChI=1S/C76H102Br2N2O2S4/c1-15-17-19-21-23-25-27-29-31-33-35-53-45-63(85-69(53)77)59-37-39-61(83-59)67-65-66(72(82)79(67)49-51-41-55(73(3,4)5)47-56(42-51)74(6,7)8)68(80(71(65)81)50-52-43-57(75(9,10)11)48-58(44-52)76(12,13)14)62-40-38-60(84-62)64-46-54(70(78)86-64)36-34-32-30-28-26-24-22-20-18-16-2/h37-48H,15-36,49-50H2,1-14H3. The van der Waals surface area contributed by atoms with Crippen molar-refractivity contribution in [3.05, 3.63) is 146 Å². The SMILES string of the molecule is CCCCCCCCCCCCc1cc(-c2ccc(C3=C4C(=O)N(Cc5cc(C(C)(C)C)cc(C(C)(C)C)c5)C(c5ccc(-c6cc(CCCCCCCCCCCC)c(Br)s6)s5)=C4C(=O)N3Cc3cc(C(C)(C)C)cc(C(C)(C)C)c3)s2)sc1Br. The summed E-state index contributed by atoms with van der Waals surface area (Å²) < 4.78 is 2.40. The molecule has 6 heterocycles. The minimum absolute atomic E-state index is 0.112. The van der Waals surface area contributed by atoms with Crippen LogP contribution in [-0.4, -0.2) is 21.6 Å². The first-order chi connectivity index (χ1) is 40.8. The number of rotatable bonds is 30. The molecule has 4 aromatic heterocycles. The van der Waals surface area contributed by atoms with Crippen LogP contribution in [0, 0.1) is 0 Å². The molecule has 0 radical (unpaired) electrons. The zero-order chi connectivity index (χ0) is 62.1. The van der Waals surface area contributed by atoms with Gasteiger partial charge < -0.3 is 9.80 Å². The maximum Gasteiger partial charge on any atom is 0.261 e. The normalized spacial score (nSPS) is 14.4. The van der Waals surface area contributed by atoms with Crippen LogP contribution in [0.3, 0.4) is 0 Å². The smallest absolute Gasteiger partial charge is 0.261 e. The summed E-state index contributed by atoms with van der Waals surface area (Å²) in [5.41, 5.74) is 11.9. The summed E-state index contributed by atoms with van der Waals surface area (Å²) in [6.45, 7) is 32.5. The number of amides is 2. The van der Waals surface area contributed by atoms with Crippen molar-refractivity contribution in [3.63, 3.8) is 0 Å². The van der Waals surface area contributed by atoms with Crippen molar-refractivity contribution in [1.82, 2.24) is 9.80 Å². The van der Waals surface area contributed by atoms with Crippen LogP contribution in [-0.2, 0) is 57.2 Å². The monoisotopic (exact) mass is 1360 g/mol. The summed E-state index contributed by atoms with van der Waals surface area (Å²) in [7, 11) is 0. The van der Waals surface area contributed by atoms with Crippen LogP contribution < -0.4 is 0 Å². The van der Waals surface area contributed by atoms with Crippen molar-refractivity contribution in [1.29, 1.82) is 0 Å². The predicted octanol–water partition coefficient (Wildman–Crippen LogP) is 25.1. The molecule has 2 aliphatic heterocycles. The third-order valence-electron chi connectivity index (χ3n) is 17.6. The van der Waals surface area contributed by atoms with Crippen molar-refractivity contribution in [2.45, 2.75) is 273 Å². The largest absolute Gasteiger partial charge is 0.302 e. The topological polar surface area (TPSA) is 40.6 Å². The average Bonchev–Trinajstić information content (AvgIpc) is 1.58. The van der Waals surface area contributed by atoms with Gasteiger partial charge in [-0.3, -0.25) is 9.59 Å². The quantitative estimate of drug-likeness (QED) is 0.0422. The lowest BCUT2D eigenvalue weighted by molar-refractivity contribution is -0.124. The number of nitrogens with zero attached hydrogens (tertiary/aromatic N) is 2. The Morgan fingerprint density at radius 2 is 0.628 bits per heavy atom. The molecule has 0 saturated carbocycles. The van der Waals surface area contributed by atoms with E-state index in [1.807, 2.05) is 9.80 Å². The molecule has 2 amide bonds. The number of fused-ring (bicyclic) bond motifs is 1. The maximum absolute atomic E-state index is 16.2. The van der Waals surface area contributed by atoms with Crippen LogP contribution in [0.1, 0.15) is 280 Å². The zero-order valence-electron chi connectivity index (χ0n) is 55.0. The molecule has 0 atom stereocenters. The summed E-state index contributed by atoms with van der Waals surface area (Å²) in [6, 6.07) is 27.4. The van der Waals surface area contributed by atoms with E-state index in [-0.39, 0.29) is 33.5 Å². The molecule has 0 bridgehead atoms. The molecule has 0 aliphatic carbocycles. The highest BCUT2D eigenvalue weighted by Crippen LogP contribution is 2.52. The zero-order valence-corrected chi connectivity index (χ0v) is 61.4. The van der Waals surface area contributed by atoms with Crippen LogP contribution >= 0.6 is 77.2 Å². The van der Waals surface area contributed by atoms with Gasteiger partial charge in [0.15, 0.2) is 0 Å². The molecule has 4 nitrogen and oxygen atoms in total. The van der Waals surface area contributed by atoms with Crippen LogP contribution in [0.2, 0.25) is 0 Å². The fourth-order valence-corrected chi connectivity index (χ4v) is 17.9. The molecule has 0 saturated heterocycles. The van der Waals surface area contributed by atoms with Gasteiger partial charge in [-0.1, -0.05) is 249 Å². The summed E-state index contributed by atoms with van der Waals surface area (Å²) in [4.78, 5) is 42.9. The Kier molecular flexibility index (Phi) is 24.0. The number of hydrogen-bond acceptors (Lipinski definition) is 6. The van der Waals surface area contributed by atoms with Gasteiger partial charge in [0.25, 0.3) is 11.8 Å². The van der Waals surface area contributed by atoms with E-state index in [1.54, 1.807) is 45.3 Å². The Morgan fingerprint density at radius 3 is 0.919 bits per heavy atom. The highest BCUT2D eigenvalue weighted by Gasteiger charge is 2.50. The molecule has 2 aliphatic rings. The van der Waals surface area contributed by atoms with E-state index >= 15 is 9.59 Å². The number of aryl methyl sites for hydroxylation is 2. The van der Waals surface area contributed by atoms with Crippen molar-refractivity contribution in [3.8, 4) is 19.5 Å². The van der Waals surface area contributed by atoms with Gasteiger partial charge in [0.05, 0.1) is 53.0 Å².